The van der Waals surface area contributed by atoms with Gasteiger partial charge in [0.1, 0.15) is 0 Å². The standard InChI is InChI=1S/C19H16BrN3O2/c20-17-9-8-16(25-17)19(24)23-12-11-22(13-14-5-2-1-3-6-14)18-15(23)7-4-10-21-18/h1-10H,11-13H2. The minimum atomic E-state index is -0.153. The maximum atomic E-state index is 12.8. The van der Waals surface area contributed by atoms with Crippen molar-refractivity contribution < 1.29 is 9.21 Å². The molecule has 6 heteroatoms. The summed E-state index contributed by atoms with van der Waals surface area (Å²) in [6, 6.07) is 17.4. The van der Waals surface area contributed by atoms with Gasteiger partial charge in [-0.25, -0.2) is 4.98 Å². The number of amides is 1. The molecule has 0 spiro atoms. The lowest BCUT2D eigenvalue weighted by molar-refractivity contribution is 0.0958. The highest BCUT2D eigenvalue weighted by Crippen LogP contribution is 2.33. The third kappa shape index (κ3) is 3.17. The Morgan fingerprint density at radius 1 is 1.08 bits per heavy atom. The highest BCUT2D eigenvalue weighted by atomic mass is 79.9. The molecule has 0 saturated carbocycles. The number of nitrogens with zero attached hydrogens (tertiary/aromatic N) is 3. The zero-order valence-electron chi connectivity index (χ0n) is 13.4. The quantitative estimate of drug-likeness (QED) is 0.667. The van der Waals surface area contributed by atoms with E-state index in [-0.39, 0.29) is 5.91 Å². The van der Waals surface area contributed by atoms with Crippen molar-refractivity contribution in [2.45, 2.75) is 6.54 Å². The SMILES string of the molecule is O=C(c1ccc(Br)o1)N1CCN(Cc2ccccc2)c2ncccc21. The minimum absolute atomic E-state index is 0.153. The zero-order valence-corrected chi connectivity index (χ0v) is 15.0. The molecular formula is C19H16BrN3O2. The monoisotopic (exact) mass is 397 g/mol. The number of furan rings is 1. The topological polar surface area (TPSA) is 49.6 Å². The molecule has 4 rings (SSSR count). The first-order chi connectivity index (χ1) is 12.2. The fourth-order valence-electron chi connectivity index (χ4n) is 3.02. The van der Waals surface area contributed by atoms with Crippen molar-refractivity contribution in [3.8, 4) is 0 Å². The van der Waals surface area contributed by atoms with Crippen LogP contribution >= 0.6 is 15.9 Å². The maximum absolute atomic E-state index is 12.8. The van der Waals surface area contributed by atoms with Crippen molar-refractivity contribution in [2.24, 2.45) is 0 Å². The molecule has 25 heavy (non-hydrogen) atoms. The second kappa shape index (κ2) is 6.72. The van der Waals surface area contributed by atoms with Gasteiger partial charge in [0.2, 0.25) is 0 Å². The molecule has 126 valence electrons. The van der Waals surface area contributed by atoms with Gasteiger partial charge in [0, 0.05) is 25.8 Å². The first-order valence-corrected chi connectivity index (χ1v) is 8.83. The second-order valence-corrected chi connectivity index (χ2v) is 6.60. The molecule has 3 aromatic rings. The predicted octanol–water partition coefficient (Wildman–Crippen LogP) is 4.10. The van der Waals surface area contributed by atoms with E-state index in [0.29, 0.717) is 23.5 Å². The van der Waals surface area contributed by atoms with E-state index >= 15 is 0 Å². The van der Waals surface area contributed by atoms with Crippen LogP contribution in [0.5, 0.6) is 0 Å². The molecule has 0 N–H and O–H groups in total. The highest BCUT2D eigenvalue weighted by Gasteiger charge is 2.29. The van der Waals surface area contributed by atoms with Crippen molar-refractivity contribution in [1.29, 1.82) is 0 Å². The third-order valence-corrected chi connectivity index (χ3v) is 4.62. The van der Waals surface area contributed by atoms with Gasteiger partial charge in [0.25, 0.3) is 5.91 Å². The molecule has 0 atom stereocenters. The Bertz CT molecular complexity index is 894. The molecule has 3 heterocycles. The lowest BCUT2D eigenvalue weighted by atomic mass is 10.1. The van der Waals surface area contributed by atoms with Gasteiger partial charge in [-0.2, -0.15) is 0 Å². The second-order valence-electron chi connectivity index (χ2n) is 5.81. The van der Waals surface area contributed by atoms with Crippen LogP contribution < -0.4 is 9.80 Å². The summed E-state index contributed by atoms with van der Waals surface area (Å²) < 4.78 is 5.97. The predicted molar refractivity (Wildman–Crippen MR) is 99.8 cm³/mol. The third-order valence-electron chi connectivity index (χ3n) is 4.20. The van der Waals surface area contributed by atoms with Crippen LogP contribution in [-0.2, 0) is 6.54 Å². The maximum Gasteiger partial charge on any atom is 0.294 e. The summed E-state index contributed by atoms with van der Waals surface area (Å²) in [6.07, 6.45) is 1.76. The largest absolute Gasteiger partial charge is 0.444 e. The number of rotatable bonds is 3. The number of hydrogen-bond donors (Lipinski definition) is 0. The molecular weight excluding hydrogens is 382 g/mol. The number of fused-ring (bicyclic) bond motifs is 1. The summed E-state index contributed by atoms with van der Waals surface area (Å²) in [6.45, 7) is 2.06. The smallest absolute Gasteiger partial charge is 0.294 e. The summed E-state index contributed by atoms with van der Waals surface area (Å²) in [5.74, 6) is 0.981. The van der Waals surface area contributed by atoms with Crippen molar-refractivity contribution in [3.05, 3.63) is 76.8 Å². The van der Waals surface area contributed by atoms with Crippen molar-refractivity contribution in [1.82, 2.24) is 4.98 Å². The number of carbonyl (C=O) groups is 1. The van der Waals surface area contributed by atoms with E-state index in [1.54, 1.807) is 23.2 Å². The summed E-state index contributed by atoms with van der Waals surface area (Å²) in [4.78, 5) is 21.3. The molecule has 0 unspecified atom stereocenters. The fourth-order valence-corrected chi connectivity index (χ4v) is 3.33. The van der Waals surface area contributed by atoms with Gasteiger partial charge in [-0.1, -0.05) is 30.3 Å². The van der Waals surface area contributed by atoms with E-state index in [4.69, 9.17) is 4.42 Å². The summed E-state index contributed by atoms with van der Waals surface area (Å²) in [5, 5.41) is 0. The molecule has 2 aromatic heterocycles. The Labute approximate surface area is 154 Å². The van der Waals surface area contributed by atoms with Gasteiger partial charge in [-0.15, -0.1) is 0 Å². The Kier molecular flexibility index (Phi) is 4.28. The molecule has 0 aliphatic carbocycles. The zero-order chi connectivity index (χ0) is 17.2. The van der Waals surface area contributed by atoms with Gasteiger partial charge >= 0.3 is 0 Å². The van der Waals surface area contributed by atoms with E-state index in [9.17, 15) is 4.79 Å². The molecule has 0 saturated heterocycles. The molecule has 0 fully saturated rings. The highest BCUT2D eigenvalue weighted by molar-refractivity contribution is 9.10. The Morgan fingerprint density at radius 2 is 1.92 bits per heavy atom. The van der Waals surface area contributed by atoms with Crippen LogP contribution in [0.4, 0.5) is 11.5 Å². The van der Waals surface area contributed by atoms with E-state index in [2.05, 4.69) is 37.9 Å². The van der Waals surface area contributed by atoms with Crippen LogP contribution in [0.2, 0.25) is 0 Å². The molecule has 0 bridgehead atoms. The minimum Gasteiger partial charge on any atom is -0.444 e. The normalized spacial score (nSPS) is 13.6. The number of hydrogen-bond acceptors (Lipinski definition) is 4. The number of pyridine rings is 1. The van der Waals surface area contributed by atoms with Gasteiger partial charge in [-0.05, 0) is 45.8 Å². The Balaban J connectivity index is 1.64. The van der Waals surface area contributed by atoms with Crippen LogP contribution in [-0.4, -0.2) is 24.0 Å². The number of benzene rings is 1. The Hall–Kier alpha value is -2.60. The molecule has 0 radical (unpaired) electrons. The number of anilines is 2. The van der Waals surface area contributed by atoms with E-state index in [1.807, 2.05) is 30.3 Å². The number of halogens is 1. The molecule has 1 aromatic carbocycles. The van der Waals surface area contributed by atoms with Crippen LogP contribution in [0, 0.1) is 0 Å². The van der Waals surface area contributed by atoms with E-state index in [0.717, 1.165) is 18.1 Å². The fraction of sp³-hybridized carbons (Fsp3) is 0.158. The molecule has 1 amide bonds. The van der Waals surface area contributed by atoms with Gasteiger partial charge in [0.05, 0.1) is 5.69 Å². The van der Waals surface area contributed by atoms with Crippen LogP contribution in [0.1, 0.15) is 16.1 Å². The average Bonchev–Trinajstić information content (AvgIpc) is 3.09. The summed E-state index contributed by atoms with van der Waals surface area (Å²) >= 11 is 3.24. The van der Waals surface area contributed by atoms with Gasteiger partial charge in [0.15, 0.2) is 16.2 Å². The molecule has 1 aliphatic rings. The first-order valence-electron chi connectivity index (χ1n) is 8.03. The average molecular weight is 398 g/mol. The number of carbonyl (C=O) groups excluding carboxylic acids is 1. The van der Waals surface area contributed by atoms with Crippen LogP contribution in [0.3, 0.4) is 0 Å². The van der Waals surface area contributed by atoms with Gasteiger partial charge in [-0.3, -0.25) is 4.79 Å². The van der Waals surface area contributed by atoms with Crippen molar-refractivity contribution in [2.75, 3.05) is 22.9 Å². The number of aromatic nitrogens is 1. The van der Waals surface area contributed by atoms with Crippen LogP contribution in [0.25, 0.3) is 0 Å². The van der Waals surface area contributed by atoms with Crippen molar-refractivity contribution >= 4 is 33.3 Å². The van der Waals surface area contributed by atoms with E-state index in [1.165, 1.54) is 5.56 Å². The van der Waals surface area contributed by atoms with E-state index < -0.39 is 0 Å². The molecule has 5 nitrogen and oxygen atoms in total. The van der Waals surface area contributed by atoms with Crippen LogP contribution in [0.15, 0.2) is 69.9 Å². The lowest BCUT2D eigenvalue weighted by Crippen LogP contribution is -2.44. The summed E-state index contributed by atoms with van der Waals surface area (Å²) in [5.41, 5.74) is 2.02. The van der Waals surface area contributed by atoms with Crippen molar-refractivity contribution in [3.63, 3.8) is 0 Å². The molecule has 1 aliphatic heterocycles. The lowest BCUT2D eigenvalue weighted by Gasteiger charge is -2.36. The first kappa shape index (κ1) is 15.9. The van der Waals surface area contributed by atoms with Gasteiger partial charge < -0.3 is 14.2 Å². The summed E-state index contributed by atoms with van der Waals surface area (Å²) in [7, 11) is 0. The Morgan fingerprint density at radius 3 is 2.68 bits per heavy atom.